The van der Waals surface area contributed by atoms with Gasteiger partial charge in [0.25, 0.3) is 0 Å². The second-order valence-electron chi connectivity index (χ2n) is 0. The molecular weight excluding hydrogens is 210 g/mol. The van der Waals surface area contributed by atoms with Crippen molar-refractivity contribution in [2.24, 2.45) is 0 Å². The summed E-state index contributed by atoms with van der Waals surface area (Å²) >= 11 is 0. The van der Waals surface area contributed by atoms with Crippen molar-refractivity contribution in [1.82, 2.24) is 0 Å². The van der Waals surface area contributed by atoms with Crippen LogP contribution in [0.5, 0.6) is 0 Å². The molecule has 0 nitrogen and oxygen atoms in total. The van der Waals surface area contributed by atoms with Crippen molar-refractivity contribution < 1.29 is 28.2 Å². The normalized spacial score (nSPS) is 0. The molecule has 0 bridgehead atoms. The molecule has 0 heterocycles. The fourth-order valence-corrected chi connectivity index (χ4v) is 0. The lowest BCUT2D eigenvalue weighted by atomic mass is 19.0. The summed E-state index contributed by atoms with van der Waals surface area (Å²) in [6.07, 6.45) is 0. The highest BCUT2D eigenvalue weighted by atomic mass is 32.1. The van der Waals surface area contributed by atoms with E-state index in [4.69, 9.17) is 0 Å². The lowest BCUT2D eigenvalue weighted by Gasteiger charge is -0.270. The molecule has 0 aliphatic heterocycles. The van der Waals surface area contributed by atoms with Crippen LogP contribution < -0.4 is 0 Å². The van der Waals surface area contributed by atoms with E-state index in [0.717, 1.165) is 0 Å². The topological polar surface area (TPSA) is 0 Å². The van der Waals surface area contributed by atoms with Gasteiger partial charge in [-0.15, -0.1) is 0 Å². The molecule has 0 aliphatic carbocycles. The van der Waals surface area contributed by atoms with Crippen molar-refractivity contribution in [3.05, 3.63) is 0 Å². The first kappa shape index (κ1) is 1810. The second kappa shape index (κ2) is 1270. The Morgan fingerprint density at radius 3 is 0.222 bits per heavy atom. The van der Waals surface area contributed by atoms with Gasteiger partial charge < -0.3 is 0 Å². The molecule has 0 spiro atoms. The molecular formula is H12F6S3. The summed E-state index contributed by atoms with van der Waals surface area (Å²) in [4.78, 5) is 0. The Kier molecular flexibility index (Phi) is 254000. The van der Waals surface area contributed by atoms with E-state index in [9.17, 15) is 0 Å². The Labute approximate surface area is 69.3 Å². The average Bonchev–Trinajstić information content (AvgIpc) is 0. The minimum atomic E-state index is 0. The third-order valence-electron chi connectivity index (χ3n) is 0. The molecule has 0 aromatic rings. The van der Waals surface area contributed by atoms with Crippen molar-refractivity contribution in [3.8, 4) is 0 Å². The van der Waals surface area contributed by atoms with Crippen molar-refractivity contribution >= 4 is 40.5 Å². The van der Waals surface area contributed by atoms with Gasteiger partial charge in [0.2, 0.25) is 0 Å². The van der Waals surface area contributed by atoms with Crippen LogP contribution in [0.2, 0.25) is 0 Å². The summed E-state index contributed by atoms with van der Waals surface area (Å²) in [6, 6.07) is 0. The first-order valence-corrected chi connectivity index (χ1v) is 0. The number of hydrogen-bond acceptors (Lipinski definition) is 0. The van der Waals surface area contributed by atoms with Gasteiger partial charge in [-0.05, 0) is 0 Å². The fraction of sp³-hybridized carbons (Fsp3) is 0. The van der Waals surface area contributed by atoms with Gasteiger partial charge in [-0.25, -0.2) is 0 Å². The number of halogens is 6. The van der Waals surface area contributed by atoms with Gasteiger partial charge in [-0.2, -0.15) is 40.5 Å². The molecule has 0 unspecified atom stereocenters. The van der Waals surface area contributed by atoms with E-state index in [1.54, 1.807) is 0 Å². The van der Waals surface area contributed by atoms with Crippen LogP contribution in [-0.4, -0.2) is 0 Å². The van der Waals surface area contributed by atoms with E-state index in [0.29, 0.717) is 0 Å². The fourth-order valence-electron chi connectivity index (χ4n) is 0. The Morgan fingerprint density at radius 2 is 0.222 bits per heavy atom. The molecule has 0 saturated carbocycles. The molecule has 9 heavy (non-hydrogen) atoms. The smallest absolute Gasteiger partial charge is 0.197 e. The molecule has 0 amide bonds. The van der Waals surface area contributed by atoms with Crippen LogP contribution in [0.1, 0.15) is 0 Å². The lowest BCUT2D eigenvalue weighted by molar-refractivity contribution is 1.11. The van der Waals surface area contributed by atoms with E-state index < -0.39 is 0 Å². The van der Waals surface area contributed by atoms with Crippen LogP contribution in [0.15, 0.2) is 0 Å². The highest BCUT2D eigenvalue weighted by Crippen LogP contribution is 0.650. The number of rotatable bonds is 0. The van der Waals surface area contributed by atoms with E-state index in [2.05, 4.69) is 0 Å². The minimum Gasteiger partial charge on any atom is -0.269 e. The van der Waals surface area contributed by atoms with Gasteiger partial charge in [0.15, 0.2) is 0 Å². The molecule has 0 aromatic heterocycles. The van der Waals surface area contributed by atoms with Crippen LogP contribution in [0, 0.1) is 0 Å². The molecule has 0 aliphatic rings. The molecule has 72 valence electrons. The lowest BCUT2D eigenvalue weighted by Crippen LogP contribution is 0.419. The Hall–Kier alpha value is 0.630. The zero-order chi connectivity index (χ0) is 0. The highest BCUT2D eigenvalue weighted by Gasteiger charge is -0.195. The molecule has 0 N–H and O–H groups in total. The van der Waals surface area contributed by atoms with Crippen LogP contribution >= 0.6 is 40.5 Å². The Morgan fingerprint density at radius 1 is 0.222 bits per heavy atom. The summed E-state index contributed by atoms with van der Waals surface area (Å²) in [7, 11) is 0. The third-order valence-corrected chi connectivity index (χ3v) is 0. The van der Waals surface area contributed by atoms with E-state index in [1.165, 1.54) is 0 Å². The molecule has 9 heteroatoms. The maximum absolute atomic E-state index is 0. The predicted molar refractivity (Wildman–Crippen MR) is 46.2 cm³/mol. The minimum absolute atomic E-state index is 0. The Balaban J connectivity index is 0. The van der Waals surface area contributed by atoms with Crippen molar-refractivity contribution in [3.63, 3.8) is 0 Å². The van der Waals surface area contributed by atoms with Crippen LogP contribution in [0.25, 0.3) is 0 Å². The first-order chi connectivity index (χ1) is 0. The molecule has 0 rings (SSSR count). The summed E-state index contributed by atoms with van der Waals surface area (Å²) in [5.41, 5.74) is 0. The van der Waals surface area contributed by atoms with E-state index in [-0.39, 0.29) is 68.7 Å². The average molecular weight is 222 g/mol. The number of hydrogen-bond donors (Lipinski definition) is 0. The van der Waals surface area contributed by atoms with E-state index >= 15 is 0 Å². The maximum atomic E-state index is 0. The Bertz CT molecular complexity index is 8.26. The van der Waals surface area contributed by atoms with Crippen LogP contribution in [-0.2, 0) is 0 Å². The summed E-state index contributed by atoms with van der Waals surface area (Å²) in [5.74, 6) is 0. The van der Waals surface area contributed by atoms with Gasteiger partial charge in [-0.1, -0.05) is 0 Å². The quantitative estimate of drug-likeness (QED) is 0.541. The van der Waals surface area contributed by atoms with Crippen molar-refractivity contribution in [2.75, 3.05) is 0 Å². The van der Waals surface area contributed by atoms with Crippen molar-refractivity contribution in [1.29, 1.82) is 0 Å². The summed E-state index contributed by atoms with van der Waals surface area (Å²) in [6.45, 7) is 0. The van der Waals surface area contributed by atoms with Gasteiger partial charge in [-0.3, -0.25) is 28.2 Å². The zero-order valence-electron chi connectivity index (χ0n) is 3.95. The zero-order valence-corrected chi connectivity index (χ0v) is 6.95. The van der Waals surface area contributed by atoms with Crippen LogP contribution in [0.3, 0.4) is 0 Å². The van der Waals surface area contributed by atoms with E-state index in [1.807, 2.05) is 0 Å². The largest absolute Gasteiger partial charge is 0.269 e. The van der Waals surface area contributed by atoms with Gasteiger partial charge in [0.1, 0.15) is 0 Å². The van der Waals surface area contributed by atoms with Crippen molar-refractivity contribution in [2.45, 2.75) is 0 Å². The summed E-state index contributed by atoms with van der Waals surface area (Å²) < 4.78 is 0. The molecule has 0 saturated heterocycles. The standard InChI is InChI=1S/6FH.3H2S/h6*1H;3*1H2. The van der Waals surface area contributed by atoms with Crippen LogP contribution in [0.4, 0.5) is 28.2 Å². The summed E-state index contributed by atoms with van der Waals surface area (Å²) in [5, 5.41) is 0. The van der Waals surface area contributed by atoms with Gasteiger partial charge >= 0.3 is 0 Å². The maximum Gasteiger partial charge on any atom is -0.197 e. The molecule has 0 aromatic carbocycles. The third kappa shape index (κ3) is 956. The predicted octanol–water partition coefficient (Wildman–Crippen LogP) is 1.25. The monoisotopic (exact) mass is 222 g/mol. The molecule has 0 fully saturated rings. The molecule has 0 radical (unpaired) electrons. The molecule has 0 atom stereocenters. The van der Waals surface area contributed by atoms with Gasteiger partial charge in [0.05, 0.1) is 0 Å². The second-order valence-corrected chi connectivity index (χ2v) is 0. The first-order valence-electron chi connectivity index (χ1n) is 0. The highest BCUT2D eigenvalue weighted by molar-refractivity contribution is 7.59. The van der Waals surface area contributed by atoms with Gasteiger partial charge in [0, 0.05) is 0 Å². The SMILES string of the molecule is F.F.F.F.F.F.S.S.S.